The number of aliphatic hydroxyl groups excluding tert-OH is 6. The van der Waals surface area contributed by atoms with Crippen molar-refractivity contribution in [2.24, 2.45) is 0 Å². The SMILES string of the molecule is COc1cc(O)c2c(=O)c(O[C@@H]3O[C@@H](CO)[C@@H](O)[C@H](O)[C@H]3O[C@H]3OC[C@H](O)[C@@H](O)[C@H]3O)c(-c3ccc(O)c(OC)c3)oc2c1. The second kappa shape index (κ2) is 12.7. The molecule has 2 aliphatic heterocycles. The number of rotatable bonds is 8. The molecule has 3 aromatic rings. The molecule has 2 saturated heterocycles. The van der Waals surface area contributed by atoms with Gasteiger partial charge in [-0.05, 0) is 18.2 Å². The van der Waals surface area contributed by atoms with Gasteiger partial charge in [-0.15, -0.1) is 0 Å². The largest absolute Gasteiger partial charge is 0.507 e. The van der Waals surface area contributed by atoms with Crippen LogP contribution in [-0.4, -0.2) is 124 Å². The van der Waals surface area contributed by atoms with E-state index in [0.29, 0.717) is 0 Å². The van der Waals surface area contributed by atoms with Crippen LogP contribution in [0.25, 0.3) is 22.3 Å². The Hall–Kier alpha value is -3.71. The quantitative estimate of drug-likeness (QED) is 0.142. The molecule has 44 heavy (non-hydrogen) atoms. The summed E-state index contributed by atoms with van der Waals surface area (Å²) < 4.78 is 38.9. The minimum Gasteiger partial charge on any atom is -0.507 e. The summed E-state index contributed by atoms with van der Waals surface area (Å²) in [6.07, 6.45) is -15.2. The fourth-order valence-electron chi connectivity index (χ4n) is 4.96. The molecule has 0 unspecified atom stereocenters. The average molecular weight is 625 g/mol. The van der Waals surface area contributed by atoms with Crippen molar-refractivity contribution in [3.63, 3.8) is 0 Å². The summed E-state index contributed by atoms with van der Waals surface area (Å²) in [5.74, 6) is -1.45. The summed E-state index contributed by atoms with van der Waals surface area (Å²) in [5.41, 5.74) is -0.898. The number of ether oxygens (including phenoxy) is 6. The highest BCUT2D eigenvalue weighted by molar-refractivity contribution is 5.88. The van der Waals surface area contributed by atoms with Crippen LogP contribution in [0.3, 0.4) is 0 Å². The second-order valence-corrected chi connectivity index (χ2v) is 10.2. The molecule has 2 aliphatic rings. The molecule has 1 aromatic heterocycles. The predicted octanol–water partition coefficient (Wildman–Crippen LogP) is -1.47. The molecular weight excluding hydrogens is 592 g/mol. The molecular formula is C28H32O16. The van der Waals surface area contributed by atoms with Crippen LogP contribution in [0.2, 0.25) is 0 Å². The Balaban J connectivity index is 1.63. The fraction of sp³-hybridized carbons (Fsp3) is 0.464. The Morgan fingerprint density at radius 1 is 0.886 bits per heavy atom. The lowest BCUT2D eigenvalue weighted by atomic mass is 9.98. The number of aromatic hydroxyl groups is 2. The van der Waals surface area contributed by atoms with Crippen LogP contribution in [0.1, 0.15) is 0 Å². The van der Waals surface area contributed by atoms with Gasteiger partial charge in [0, 0.05) is 17.7 Å². The lowest BCUT2D eigenvalue weighted by Gasteiger charge is -2.44. The Kier molecular flexibility index (Phi) is 9.17. The maximum absolute atomic E-state index is 13.9. The van der Waals surface area contributed by atoms with Crippen molar-refractivity contribution in [2.75, 3.05) is 27.4 Å². The van der Waals surface area contributed by atoms with E-state index >= 15 is 0 Å². The third-order valence-corrected chi connectivity index (χ3v) is 7.39. The summed E-state index contributed by atoms with van der Waals surface area (Å²) in [6, 6.07) is 6.47. The summed E-state index contributed by atoms with van der Waals surface area (Å²) in [6.45, 7) is -1.25. The molecule has 0 saturated carbocycles. The highest BCUT2D eigenvalue weighted by Gasteiger charge is 2.50. The van der Waals surface area contributed by atoms with Gasteiger partial charge in [-0.1, -0.05) is 0 Å². The zero-order chi connectivity index (χ0) is 31.9. The maximum Gasteiger partial charge on any atom is 0.239 e. The molecule has 2 fully saturated rings. The van der Waals surface area contributed by atoms with Gasteiger partial charge in [0.25, 0.3) is 0 Å². The minimum absolute atomic E-state index is 0.00267. The number of hydrogen-bond acceptors (Lipinski definition) is 16. The van der Waals surface area contributed by atoms with E-state index < -0.39 is 85.4 Å². The van der Waals surface area contributed by atoms with Gasteiger partial charge < -0.3 is 73.7 Å². The molecule has 0 radical (unpaired) electrons. The number of aliphatic hydroxyl groups is 6. The smallest absolute Gasteiger partial charge is 0.239 e. The van der Waals surface area contributed by atoms with Gasteiger partial charge >= 0.3 is 0 Å². The lowest BCUT2D eigenvalue weighted by molar-refractivity contribution is -0.345. The van der Waals surface area contributed by atoms with E-state index in [1.54, 1.807) is 0 Å². The third-order valence-electron chi connectivity index (χ3n) is 7.39. The van der Waals surface area contributed by atoms with Gasteiger partial charge in [-0.2, -0.15) is 0 Å². The highest BCUT2D eigenvalue weighted by atomic mass is 16.8. The van der Waals surface area contributed by atoms with E-state index in [-0.39, 0.29) is 39.5 Å². The second-order valence-electron chi connectivity index (χ2n) is 10.2. The molecule has 0 spiro atoms. The maximum atomic E-state index is 13.9. The van der Waals surface area contributed by atoms with E-state index in [9.17, 15) is 45.6 Å². The topological polar surface area (TPSA) is 247 Å². The standard InChI is InChI=1S/C28H32O16/c1-38-11-6-13(31)18-16(7-11)41-24(10-3-4-12(30)15(5-10)39-2)25(21(18)35)43-28-26(22(36)20(34)17(8-29)42-28)44-27-23(37)19(33)14(32)9-40-27/h3-7,14,17,19-20,22-23,26-34,36-37H,8-9H2,1-2H3/t14-,17-,19+,20+,22-,23+,26+,27+,28-/m0/s1. The van der Waals surface area contributed by atoms with Crippen molar-refractivity contribution < 1.29 is 73.7 Å². The van der Waals surface area contributed by atoms with E-state index in [2.05, 4.69) is 0 Å². The molecule has 2 aromatic carbocycles. The monoisotopic (exact) mass is 624 g/mol. The van der Waals surface area contributed by atoms with Crippen LogP contribution in [0.5, 0.6) is 28.7 Å². The van der Waals surface area contributed by atoms with Crippen molar-refractivity contribution in [3.8, 4) is 40.1 Å². The minimum atomic E-state index is -1.87. The zero-order valence-electron chi connectivity index (χ0n) is 23.3. The third kappa shape index (κ3) is 5.74. The summed E-state index contributed by atoms with van der Waals surface area (Å²) in [7, 11) is 2.64. The Morgan fingerprint density at radius 2 is 1.64 bits per heavy atom. The van der Waals surface area contributed by atoms with Crippen LogP contribution in [0, 0.1) is 0 Å². The number of methoxy groups -OCH3 is 2. The Labute approximate surface area is 248 Å². The first-order valence-corrected chi connectivity index (χ1v) is 13.3. The molecule has 0 bridgehead atoms. The van der Waals surface area contributed by atoms with Crippen molar-refractivity contribution in [2.45, 2.75) is 55.3 Å². The number of fused-ring (bicyclic) bond motifs is 1. The first kappa shape index (κ1) is 31.7. The van der Waals surface area contributed by atoms with Crippen LogP contribution in [0.15, 0.2) is 39.5 Å². The lowest BCUT2D eigenvalue weighted by Crippen LogP contribution is -2.64. The van der Waals surface area contributed by atoms with Crippen molar-refractivity contribution in [1.82, 2.24) is 0 Å². The number of phenolic OH excluding ortho intramolecular Hbond substituents is 2. The van der Waals surface area contributed by atoms with E-state index in [4.69, 9.17) is 32.8 Å². The van der Waals surface area contributed by atoms with E-state index in [0.717, 1.165) is 0 Å². The molecule has 5 rings (SSSR count). The number of hydrogen-bond donors (Lipinski definition) is 8. The summed E-state index contributed by atoms with van der Waals surface area (Å²) >= 11 is 0. The van der Waals surface area contributed by atoms with Gasteiger partial charge in [0.1, 0.15) is 59.1 Å². The molecule has 3 heterocycles. The Morgan fingerprint density at radius 3 is 2.32 bits per heavy atom. The molecule has 16 nitrogen and oxygen atoms in total. The average Bonchev–Trinajstić information content (AvgIpc) is 3.01. The summed E-state index contributed by atoms with van der Waals surface area (Å²) in [4.78, 5) is 13.9. The van der Waals surface area contributed by atoms with Crippen LogP contribution in [0.4, 0.5) is 0 Å². The molecule has 16 heteroatoms. The molecule has 240 valence electrons. The van der Waals surface area contributed by atoms with Gasteiger partial charge in [-0.25, -0.2) is 0 Å². The van der Waals surface area contributed by atoms with Gasteiger partial charge in [0.05, 0.1) is 27.4 Å². The normalized spacial score (nSPS) is 30.7. The summed E-state index contributed by atoms with van der Waals surface area (Å²) in [5, 5.41) is 82.1. The molecule has 9 atom stereocenters. The first-order chi connectivity index (χ1) is 21.0. The first-order valence-electron chi connectivity index (χ1n) is 13.3. The van der Waals surface area contributed by atoms with Gasteiger partial charge in [0.15, 0.2) is 29.7 Å². The van der Waals surface area contributed by atoms with Crippen molar-refractivity contribution >= 4 is 11.0 Å². The van der Waals surface area contributed by atoms with Crippen molar-refractivity contribution in [1.29, 1.82) is 0 Å². The Bertz CT molecular complexity index is 1540. The number of benzene rings is 2. The van der Waals surface area contributed by atoms with Crippen LogP contribution < -0.4 is 19.6 Å². The van der Waals surface area contributed by atoms with Crippen molar-refractivity contribution in [3.05, 3.63) is 40.6 Å². The zero-order valence-corrected chi connectivity index (χ0v) is 23.3. The highest BCUT2D eigenvalue weighted by Crippen LogP contribution is 2.40. The van der Waals surface area contributed by atoms with E-state index in [1.165, 1.54) is 44.6 Å². The van der Waals surface area contributed by atoms with Crippen LogP contribution in [-0.2, 0) is 14.2 Å². The number of phenols is 2. The van der Waals surface area contributed by atoms with E-state index in [1.807, 2.05) is 0 Å². The molecule has 8 N–H and O–H groups in total. The predicted molar refractivity (Wildman–Crippen MR) is 145 cm³/mol. The van der Waals surface area contributed by atoms with Gasteiger partial charge in [-0.3, -0.25) is 4.79 Å². The molecule has 0 aliphatic carbocycles. The van der Waals surface area contributed by atoms with Crippen LogP contribution >= 0.6 is 0 Å². The molecule has 0 amide bonds. The fourth-order valence-corrected chi connectivity index (χ4v) is 4.96. The van der Waals surface area contributed by atoms with Gasteiger partial charge in [0.2, 0.25) is 17.5 Å².